The second-order valence-corrected chi connectivity index (χ2v) is 10.2. The van der Waals surface area contributed by atoms with Crippen LogP contribution < -0.4 is 0 Å². The summed E-state index contributed by atoms with van der Waals surface area (Å²) in [5.74, 6) is 2.40. The Bertz CT molecular complexity index is 1960. The molecule has 0 aliphatic rings. The minimum atomic E-state index is 0. The van der Waals surface area contributed by atoms with Gasteiger partial charge < -0.3 is 18.5 Å². The molecular weight excluding hydrogens is 713 g/mol. The average Bonchev–Trinajstić information content (AvgIpc) is 3.73. The van der Waals surface area contributed by atoms with Gasteiger partial charge in [-0.2, -0.15) is 6.07 Å². The van der Waals surface area contributed by atoms with E-state index < -0.39 is 0 Å². The number of hydrogen-bond donors (Lipinski definition) is 0. The van der Waals surface area contributed by atoms with Crippen molar-refractivity contribution in [2.45, 2.75) is 34.6 Å². The number of aryl methyl sites for hydroxylation is 5. The normalized spacial score (nSPS) is 10.7. The molecule has 8 heteroatoms. The summed E-state index contributed by atoms with van der Waals surface area (Å²) in [6.07, 6.45) is 11.0. The van der Waals surface area contributed by atoms with Gasteiger partial charge in [0.15, 0.2) is 5.89 Å². The number of pyridine rings is 1. The third-order valence-corrected chi connectivity index (χ3v) is 7.17. The number of rotatable bonds is 4. The van der Waals surface area contributed by atoms with Crippen molar-refractivity contribution in [3.05, 3.63) is 132 Å². The van der Waals surface area contributed by atoms with Crippen molar-refractivity contribution in [1.29, 1.82) is 0 Å². The fourth-order valence-corrected chi connectivity index (χ4v) is 5.31. The Morgan fingerprint density at radius 2 is 1.23 bits per heavy atom. The molecule has 0 aliphatic heterocycles. The summed E-state index contributed by atoms with van der Waals surface area (Å²) in [7, 11) is 0. The molecule has 0 spiro atoms. The zero-order valence-corrected chi connectivity index (χ0v) is 27.0. The van der Waals surface area contributed by atoms with Crippen LogP contribution in [0.3, 0.4) is 0 Å². The zero-order chi connectivity index (χ0) is 29.2. The van der Waals surface area contributed by atoms with Gasteiger partial charge in [0.05, 0.1) is 11.4 Å². The van der Waals surface area contributed by atoms with E-state index in [1.807, 2.05) is 49.9 Å². The fraction of sp³-hybridized carbons (Fsp3) is 0.143. The Labute approximate surface area is 264 Å². The van der Waals surface area contributed by atoms with Crippen LogP contribution in [0.1, 0.15) is 28.1 Å². The predicted molar refractivity (Wildman–Crippen MR) is 165 cm³/mol. The van der Waals surface area contributed by atoms with Crippen LogP contribution in [0.4, 0.5) is 0 Å². The van der Waals surface area contributed by atoms with Gasteiger partial charge in [-0.25, -0.2) is 4.98 Å². The molecule has 0 fully saturated rings. The first kappa shape index (κ1) is 29.8. The summed E-state index contributed by atoms with van der Waals surface area (Å²) >= 11 is 0. The van der Waals surface area contributed by atoms with Gasteiger partial charge in [-0.1, -0.05) is 36.4 Å². The van der Waals surface area contributed by atoms with Crippen LogP contribution in [0.15, 0.2) is 96.2 Å². The van der Waals surface area contributed by atoms with E-state index in [2.05, 4.69) is 105 Å². The minimum Gasteiger partial charge on any atom is -0.488 e. The topological polar surface area (TPSA) is 74.6 Å². The number of para-hydroxylation sites is 2. The SMILES string of the molecule is Cc1cccc(C)c1-n1ccnc1-c1[c-]cncc1.Cc1nc2cc(-c3nccn3-c3c(C)cccc3C)[c-]cc2o1.[Ir]. The molecule has 0 N–H and O–H groups in total. The van der Waals surface area contributed by atoms with Gasteiger partial charge in [-0.15, -0.1) is 35.4 Å². The molecule has 4 aromatic heterocycles. The maximum atomic E-state index is 5.52. The second-order valence-electron chi connectivity index (χ2n) is 10.2. The number of benzene rings is 3. The summed E-state index contributed by atoms with van der Waals surface area (Å²) in [6.45, 7) is 10.3. The van der Waals surface area contributed by atoms with Gasteiger partial charge in [-0.05, 0) is 62.3 Å². The summed E-state index contributed by atoms with van der Waals surface area (Å²) in [5, 5.41) is 0. The van der Waals surface area contributed by atoms with Crippen LogP contribution in [0.2, 0.25) is 0 Å². The first-order chi connectivity index (χ1) is 20.4. The molecule has 1 radical (unpaired) electrons. The summed E-state index contributed by atoms with van der Waals surface area (Å²) in [6, 6.07) is 24.7. The first-order valence-electron chi connectivity index (χ1n) is 13.7. The molecule has 217 valence electrons. The molecule has 0 aliphatic carbocycles. The van der Waals surface area contributed by atoms with Gasteiger partial charge in [0.25, 0.3) is 0 Å². The Morgan fingerprint density at radius 3 is 1.77 bits per heavy atom. The van der Waals surface area contributed by atoms with E-state index in [-0.39, 0.29) is 20.1 Å². The van der Waals surface area contributed by atoms with Crippen LogP contribution in [0, 0.1) is 46.8 Å². The van der Waals surface area contributed by atoms with Crippen LogP contribution in [-0.2, 0) is 20.1 Å². The molecular formula is C35H30IrN6O-2. The molecule has 0 amide bonds. The van der Waals surface area contributed by atoms with Gasteiger partial charge in [0.2, 0.25) is 0 Å². The quantitative estimate of drug-likeness (QED) is 0.173. The number of oxazole rings is 1. The van der Waals surface area contributed by atoms with Gasteiger partial charge in [-0.3, -0.25) is 9.97 Å². The minimum absolute atomic E-state index is 0. The van der Waals surface area contributed by atoms with E-state index in [9.17, 15) is 0 Å². The van der Waals surface area contributed by atoms with E-state index in [4.69, 9.17) is 4.42 Å². The van der Waals surface area contributed by atoms with E-state index in [1.165, 1.54) is 27.9 Å². The Morgan fingerprint density at radius 1 is 0.674 bits per heavy atom. The fourth-order valence-electron chi connectivity index (χ4n) is 5.31. The summed E-state index contributed by atoms with van der Waals surface area (Å²) in [4.78, 5) is 17.4. The second kappa shape index (κ2) is 12.7. The average molecular weight is 743 g/mol. The molecule has 7 rings (SSSR count). The van der Waals surface area contributed by atoms with E-state index in [1.54, 1.807) is 12.4 Å². The molecule has 0 bridgehead atoms. The number of aromatic nitrogens is 6. The smallest absolute Gasteiger partial charge is 0.180 e. The van der Waals surface area contributed by atoms with E-state index in [0.29, 0.717) is 5.89 Å². The molecule has 0 atom stereocenters. The molecule has 7 nitrogen and oxygen atoms in total. The van der Waals surface area contributed by atoms with Crippen molar-refractivity contribution in [1.82, 2.24) is 29.1 Å². The van der Waals surface area contributed by atoms with Crippen LogP contribution in [0.25, 0.3) is 45.3 Å². The van der Waals surface area contributed by atoms with Crippen molar-refractivity contribution < 1.29 is 24.5 Å². The number of fused-ring (bicyclic) bond motifs is 1. The Kier molecular flexibility index (Phi) is 8.81. The monoisotopic (exact) mass is 743 g/mol. The number of imidazole rings is 2. The third kappa shape index (κ3) is 5.98. The molecule has 0 saturated carbocycles. The van der Waals surface area contributed by atoms with E-state index >= 15 is 0 Å². The zero-order valence-electron chi connectivity index (χ0n) is 24.6. The molecule has 0 saturated heterocycles. The third-order valence-electron chi connectivity index (χ3n) is 7.17. The van der Waals surface area contributed by atoms with Gasteiger partial charge in [0.1, 0.15) is 0 Å². The van der Waals surface area contributed by atoms with E-state index in [0.717, 1.165) is 39.6 Å². The first-order valence-corrected chi connectivity index (χ1v) is 13.7. The van der Waals surface area contributed by atoms with Crippen LogP contribution in [0.5, 0.6) is 0 Å². The molecule has 3 aromatic carbocycles. The standard InChI is InChI=1S/C19H16N3O.C16H14N3.Ir/c1-12-5-4-6-13(2)18(12)22-10-9-20-19(22)15-7-8-17-16(11-15)21-14(3)23-17;1-12-4-3-5-13(2)15(12)19-11-10-18-16(19)14-6-8-17-9-7-14;/h4-6,8-11H,1-3H3;3-6,8-11H,1-2H3;/q2*-1;. The maximum absolute atomic E-state index is 5.52. The summed E-state index contributed by atoms with van der Waals surface area (Å²) in [5.41, 5.74) is 10.6. The number of hydrogen-bond acceptors (Lipinski definition) is 5. The van der Waals surface area contributed by atoms with Gasteiger partial charge in [0, 0.05) is 74.5 Å². The molecule has 0 unspecified atom stereocenters. The summed E-state index contributed by atoms with van der Waals surface area (Å²) < 4.78 is 9.74. The molecule has 7 aromatic rings. The Balaban J connectivity index is 0.000000170. The van der Waals surface area contributed by atoms with Crippen LogP contribution in [-0.4, -0.2) is 29.1 Å². The molecule has 4 heterocycles. The van der Waals surface area contributed by atoms with Crippen molar-refractivity contribution in [2.75, 3.05) is 0 Å². The predicted octanol–water partition coefficient (Wildman–Crippen LogP) is 7.75. The Hall–Kier alpha value is -4.65. The van der Waals surface area contributed by atoms with Crippen molar-refractivity contribution in [3.63, 3.8) is 0 Å². The van der Waals surface area contributed by atoms with Crippen molar-refractivity contribution >= 4 is 11.1 Å². The number of nitrogens with zero attached hydrogens (tertiary/aromatic N) is 6. The largest absolute Gasteiger partial charge is 0.488 e. The van der Waals surface area contributed by atoms with Crippen LogP contribution >= 0.6 is 0 Å². The van der Waals surface area contributed by atoms with Crippen molar-refractivity contribution in [2.24, 2.45) is 0 Å². The van der Waals surface area contributed by atoms with Crippen molar-refractivity contribution in [3.8, 4) is 34.2 Å². The maximum Gasteiger partial charge on any atom is 0.180 e. The molecule has 43 heavy (non-hydrogen) atoms. The van der Waals surface area contributed by atoms with Gasteiger partial charge >= 0.3 is 0 Å².